The van der Waals surface area contributed by atoms with E-state index >= 15 is 0 Å². The second-order valence-electron chi connectivity index (χ2n) is 5.26. The highest BCUT2D eigenvalue weighted by molar-refractivity contribution is 6.31. The largest absolute Gasteiger partial charge is 0.478 e. The van der Waals surface area contributed by atoms with Crippen LogP contribution >= 0.6 is 11.6 Å². The molecule has 0 bridgehead atoms. The Morgan fingerprint density at radius 2 is 2.05 bits per heavy atom. The summed E-state index contributed by atoms with van der Waals surface area (Å²) in [7, 11) is 0. The minimum Gasteiger partial charge on any atom is -0.478 e. The number of nitrogen functional groups attached to an aromatic ring is 1. The maximum Gasteiger partial charge on any atom is 0.268 e. The van der Waals surface area contributed by atoms with E-state index in [-0.39, 0.29) is 5.91 Å². The molecule has 4 nitrogen and oxygen atoms in total. The maximum atomic E-state index is 12.6. The minimum atomic E-state index is -0.489. The SMILES string of the molecule is CCC1Oc2cc(N)ccc2N(Cc2ccccc2Cl)C1=O. The van der Waals surface area contributed by atoms with Crippen LogP contribution in [0.5, 0.6) is 5.75 Å². The zero-order valence-electron chi connectivity index (χ0n) is 12.3. The summed E-state index contributed by atoms with van der Waals surface area (Å²) < 4.78 is 5.77. The van der Waals surface area contributed by atoms with Crippen LogP contribution in [-0.2, 0) is 11.3 Å². The van der Waals surface area contributed by atoms with Gasteiger partial charge in [-0.2, -0.15) is 0 Å². The minimum absolute atomic E-state index is 0.0558. The lowest BCUT2D eigenvalue weighted by Gasteiger charge is -2.34. The molecule has 2 aromatic rings. The molecule has 22 heavy (non-hydrogen) atoms. The molecule has 1 unspecified atom stereocenters. The zero-order valence-corrected chi connectivity index (χ0v) is 13.0. The van der Waals surface area contributed by atoms with Gasteiger partial charge < -0.3 is 15.4 Å². The fraction of sp³-hybridized carbons (Fsp3) is 0.235. The maximum absolute atomic E-state index is 12.6. The first-order valence-corrected chi connectivity index (χ1v) is 7.59. The second kappa shape index (κ2) is 5.89. The van der Waals surface area contributed by atoms with E-state index in [2.05, 4.69) is 0 Å². The van der Waals surface area contributed by atoms with Crippen LogP contribution in [0.2, 0.25) is 5.02 Å². The van der Waals surface area contributed by atoms with Crippen molar-refractivity contribution in [3.63, 3.8) is 0 Å². The number of rotatable bonds is 3. The molecule has 1 aliphatic heterocycles. The molecule has 2 aromatic carbocycles. The van der Waals surface area contributed by atoms with E-state index in [0.717, 1.165) is 11.3 Å². The quantitative estimate of drug-likeness (QED) is 0.880. The van der Waals surface area contributed by atoms with Crippen LogP contribution in [0.25, 0.3) is 0 Å². The number of halogens is 1. The number of benzene rings is 2. The molecule has 5 heteroatoms. The molecule has 0 aromatic heterocycles. The Bertz CT molecular complexity index is 718. The Hall–Kier alpha value is -2.20. The number of nitrogens with two attached hydrogens (primary N) is 1. The van der Waals surface area contributed by atoms with Gasteiger partial charge in [0.1, 0.15) is 5.75 Å². The molecule has 1 amide bonds. The van der Waals surface area contributed by atoms with Gasteiger partial charge in [-0.05, 0) is 30.2 Å². The van der Waals surface area contributed by atoms with E-state index < -0.39 is 6.10 Å². The third-order valence-electron chi connectivity index (χ3n) is 3.74. The summed E-state index contributed by atoms with van der Waals surface area (Å²) in [6.45, 7) is 2.34. The van der Waals surface area contributed by atoms with Gasteiger partial charge in [0.25, 0.3) is 5.91 Å². The number of nitrogens with zero attached hydrogens (tertiary/aromatic N) is 1. The van der Waals surface area contributed by atoms with Gasteiger partial charge in [-0.1, -0.05) is 36.7 Å². The van der Waals surface area contributed by atoms with Crippen molar-refractivity contribution in [2.45, 2.75) is 26.0 Å². The molecule has 0 saturated carbocycles. The third-order valence-corrected chi connectivity index (χ3v) is 4.11. The van der Waals surface area contributed by atoms with Crippen molar-refractivity contribution in [2.75, 3.05) is 10.6 Å². The van der Waals surface area contributed by atoms with Crippen LogP contribution in [0.4, 0.5) is 11.4 Å². The molecule has 0 radical (unpaired) electrons. The molecule has 0 fully saturated rings. The fourth-order valence-corrected chi connectivity index (χ4v) is 2.76. The van der Waals surface area contributed by atoms with Crippen LogP contribution in [0.3, 0.4) is 0 Å². The van der Waals surface area contributed by atoms with E-state index in [1.54, 1.807) is 17.0 Å². The molecule has 0 saturated heterocycles. The van der Waals surface area contributed by atoms with Gasteiger partial charge in [0.15, 0.2) is 6.10 Å². The van der Waals surface area contributed by atoms with E-state index in [9.17, 15) is 4.79 Å². The molecule has 1 heterocycles. The van der Waals surface area contributed by atoms with Crippen LogP contribution < -0.4 is 15.4 Å². The first-order valence-electron chi connectivity index (χ1n) is 7.21. The van der Waals surface area contributed by atoms with Crippen LogP contribution in [0.1, 0.15) is 18.9 Å². The second-order valence-corrected chi connectivity index (χ2v) is 5.66. The summed E-state index contributed by atoms with van der Waals surface area (Å²) in [5.74, 6) is 0.582. The van der Waals surface area contributed by atoms with Gasteiger partial charge in [-0.15, -0.1) is 0 Å². The van der Waals surface area contributed by atoms with Gasteiger partial charge in [-0.3, -0.25) is 4.79 Å². The van der Waals surface area contributed by atoms with Gasteiger partial charge >= 0.3 is 0 Å². The van der Waals surface area contributed by atoms with Crippen LogP contribution in [-0.4, -0.2) is 12.0 Å². The van der Waals surface area contributed by atoms with Crippen molar-refractivity contribution >= 4 is 28.9 Å². The number of fused-ring (bicyclic) bond motifs is 1. The Labute approximate surface area is 134 Å². The number of carbonyl (C=O) groups is 1. The average molecular weight is 317 g/mol. The smallest absolute Gasteiger partial charge is 0.268 e. The monoisotopic (exact) mass is 316 g/mol. The van der Waals surface area contributed by atoms with Gasteiger partial charge in [0.2, 0.25) is 0 Å². The standard InChI is InChI=1S/C17H17ClN2O2/c1-2-15-17(21)20(10-11-5-3-4-6-13(11)18)14-8-7-12(19)9-16(14)22-15/h3-9,15H,2,10,19H2,1H3. The van der Waals surface area contributed by atoms with Gasteiger partial charge in [-0.25, -0.2) is 0 Å². The molecule has 1 aliphatic rings. The summed E-state index contributed by atoms with van der Waals surface area (Å²) in [5, 5.41) is 0.645. The molecular formula is C17H17ClN2O2. The lowest BCUT2D eigenvalue weighted by Crippen LogP contribution is -2.45. The number of ether oxygens (including phenoxy) is 1. The number of amides is 1. The zero-order chi connectivity index (χ0) is 15.7. The van der Waals surface area contributed by atoms with E-state index in [4.69, 9.17) is 22.1 Å². The Morgan fingerprint density at radius 1 is 1.27 bits per heavy atom. The summed E-state index contributed by atoms with van der Waals surface area (Å²) in [6.07, 6.45) is 0.114. The molecule has 0 spiro atoms. The summed E-state index contributed by atoms with van der Waals surface area (Å²) in [6, 6.07) is 12.9. The van der Waals surface area contributed by atoms with Crippen molar-refractivity contribution in [3.8, 4) is 5.75 Å². The normalized spacial score (nSPS) is 17.1. The van der Waals surface area contributed by atoms with Crippen molar-refractivity contribution in [3.05, 3.63) is 53.1 Å². The highest BCUT2D eigenvalue weighted by Gasteiger charge is 2.33. The lowest BCUT2D eigenvalue weighted by atomic mass is 10.1. The Kier molecular flexibility index (Phi) is 3.94. The third kappa shape index (κ3) is 2.62. The Morgan fingerprint density at radius 3 is 2.77 bits per heavy atom. The first-order chi connectivity index (χ1) is 10.6. The number of hydrogen-bond donors (Lipinski definition) is 1. The van der Waals surface area contributed by atoms with E-state index in [1.165, 1.54) is 0 Å². The number of carbonyl (C=O) groups excluding carboxylic acids is 1. The van der Waals surface area contributed by atoms with E-state index in [1.807, 2.05) is 37.3 Å². The van der Waals surface area contributed by atoms with Crippen molar-refractivity contribution in [2.24, 2.45) is 0 Å². The molecule has 2 N–H and O–H groups in total. The highest BCUT2D eigenvalue weighted by Crippen LogP contribution is 2.37. The van der Waals surface area contributed by atoms with Crippen LogP contribution in [0.15, 0.2) is 42.5 Å². The topological polar surface area (TPSA) is 55.6 Å². The lowest BCUT2D eigenvalue weighted by molar-refractivity contribution is -0.126. The predicted octanol–water partition coefficient (Wildman–Crippen LogP) is 3.63. The molecule has 3 rings (SSSR count). The van der Waals surface area contributed by atoms with Gasteiger partial charge in [0.05, 0.1) is 12.2 Å². The fourth-order valence-electron chi connectivity index (χ4n) is 2.56. The molecule has 0 aliphatic carbocycles. The Balaban J connectivity index is 2.01. The number of hydrogen-bond acceptors (Lipinski definition) is 3. The van der Waals surface area contributed by atoms with Crippen molar-refractivity contribution in [1.82, 2.24) is 0 Å². The average Bonchev–Trinajstić information content (AvgIpc) is 2.51. The van der Waals surface area contributed by atoms with Crippen molar-refractivity contribution in [1.29, 1.82) is 0 Å². The first kappa shape index (κ1) is 14.7. The van der Waals surface area contributed by atoms with E-state index in [0.29, 0.717) is 29.4 Å². The summed E-state index contributed by atoms with van der Waals surface area (Å²) in [5.41, 5.74) is 8.06. The predicted molar refractivity (Wildman–Crippen MR) is 88.2 cm³/mol. The molecule has 114 valence electrons. The summed E-state index contributed by atoms with van der Waals surface area (Å²) in [4.78, 5) is 14.4. The summed E-state index contributed by atoms with van der Waals surface area (Å²) >= 11 is 6.22. The van der Waals surface area contributed by atoms with Crippen LogP contribution in [0, 0.1) is 0 Å². The number of anilines is 2. The van der Waals surface area contributed by atoms with Gasteiger partial charge in [0, 0.05) is 16.8 Å². The molecular weight excluding hydrogens is 300 g/mol. The molecule has 1 atom stereocenters. The highest BCUT2D eigenvalue weighted by atomic mass is 35.5. The van der Waals surface area contributed by atoms with Crippen molar-refractivity contribution < 1.29 is 9.53 Å².